The first-order valence-corrected chi connectivity index (χ1v) is 26.1. The molecule has 5 aromatic rings. The standard InChI is InChI=1S/C53H66O4S5/c1-50(2,3)39-23-31-19-35-27-41(52(7,8)9)29-37-21-33-25-40(51(4,5)6)26-34(44(33)55)22-38-30-42(53(10,11)12)28-36(20-32(24-39)43(31)54)46(38)57-16-14-18-60-48-47(61-49(58)62-48)59-17-13-15-56-45(35)37/h23-30,54-55H,13-22H2,1-12H3. The van der Waals surface area contributed by atoms with Crippen LogP contribution < -0.4 is 9.47 Å². The van der Waals surface area contributed by atoms with E-state index in [1.54, 1.807) is 22.7 Å². The van der Waals surface area contributed by atoms with Crippen LogP contribution in [0.4, 0.5) is 0 Å². The summed E-state index contributed by atoms with van der Waals surface area (Å²) in [4.78, 5) is 0. The van der Waals surface area contributed by atoms with Crippen molar-refractivity contribution in [2.24, 2.45) is 0 Å². The predicted molar refractivity (Wildman–Crippen MR) is 270 cm³/mol. The lowest BCUT2D eigenvalue weighted by Gasteiger charge is -2.28. The van der Waals surface area contributed by atoms with E-state index in [1.807, 2.05) is 23.5 Å². The van der Waals surface area contributed by atoms with E-state index in [-0.39, 0.29) is 21.7 Å². The minimum atomic E-state index is -0.158. The maximum atomic E-state index is 12.6. The van der Waals surface area contributed by atoms with Crippen LogP contribution >= 0.6 is 58.4 Å². The van der Waals surface area contributed by atoms with E-state index >= 15 is 0 Å². The van der Waals surface area contributed by atoms with Gasteiger partial charge in [0.1, 0.15) is 26.1 Å². The third kappa shape index (κ3) is 10.8. The van der Waals surface area contributed by atoms with Crippen LogP contribution in [0.5, 0.6) is 23.0 Å². The molecule has 0 amide bonds. The Bertz CT molecular complexity index is 2250. The lowest BCUT2D eigenvalue weighted by Crippen LogP contribution is -2.17. The number of phenolic OH excluding ortho intramolecular Hbond substituents is 2. The van der Waals surface area contributed by atoms with Gasteiger partial charge in [-0.25, -0.2) is 0 Å². The van der Waals surface area contributed by atoms with E-state index < -0.39 is 0 Å². The van der Waals surface area contributed by atoms with Crippen LogP contribution in [-0.4, -0.2) is 34.9 Å². The van der Waals surface area contributed by atoms with E-state index in [2.05, 4.69) is 132 Å². The molecule has 0 unspecified atom stereocenters. The van der Waals surface area contributed by atoms with Gasteiger partial charge in [-0.05, 0) is 101 Å². The molecule has 0 radical (unpaired) electrons. The Balaban J connectivity index is 1.56. The summed E-state index contributed by atoms with van der Waals surface area (Å²) < 4.78 is 17.6. The van der Waals surface area contributed by atoms with Crippen molar-refractivity contribution in [3.8, 4) is 23.0 Å². The maximum absolute atomic E-state index is 12.6. The first kappa shape index (κ1) is 47.0. The summed E-state index contributed by atoms with van der Waals surface area (Å²) in [5.41, 5.74) is 11.9. The normalized spacial score (nSPS) is 15.7. The van der Waals surface area contributed by atoms with Gasteiger partial charge in [-0.15, -0.1) is 46.2 Å². The quantitative estimate of drug-likeness (QED) is 0.147. The van der Waals surface area contributed by atoms with Gasteiger partial charge < -0.3 is 19.7 Å². The predicted octanol–water partition coefficient (Wildman–Crippen LogP) is 15.3. The highest BCUT2D eigenvalue weighted by atomic mass is 32.2. The number of hydrogen-bond acceptors (Lipinski definition) is 9. The largest absolute Gasteiger partial charge is 0.507 e. The molecule has 332 valence electrons. The molecule has 0 saturated carbocycles. The summed E-state index contributed by atoms with van der Waals surface area (Å²) in [5, 5.41) is 25.1. The molecule has 2 N–H and O–H groups in total. The Morgan fingerprint density at radius 2 is 0.694 bits per heavy atom. The van der Waals surface area contributed by atoms with Gasteiger partial charge in [0.15, 0.2) is 0 Å². The smallest absolute Gasteiger partial charge is 0.145 e. The molecule has 1 aliphatic carbocycles. The number of thioether (sulfide) groups is 2. The van der Waals surface area contributed by atoms with Crippen molar-refractivity contribution >= 4 is 58.4 Å². The fraction of sp³-hybridized carbons (Fsp3) is 0.491. The minimum absolute atomic E-state index is 0.158. The van der Waals surface area contributed by atoms with Gasteiger partial charge in [-0.2, -0.15) is 0 Å². The number of aromatic hydroxyl groups is 2. The zero-order valence-electron chi connectivity index (χ0n) is 38.9. The second-order valence-electron chi connectivity index (χ2n) is 21.4. The maximum Gasteiger partial charge on any atom is 0.145 e. The SMILES string of the molecule is CC(C)(C)c1cc2c(O)c(c1)Cc1cc(C(C)(C)C)cc3c1OCCCSc1sc(=S)sc1SCCCOc1c(cc(C(C)(C)C)cc1Cc1cc(C(C)(C)C)cc(c1O)C3)C2. The van der Waals surface area contributed by atoms with E-state index in [0.717, 1.165) is 83.5 Å². The van der Waals surface area contributed by atoms with Gasteiger partial charge in [0.05, 0.1) is 21.6 Å². The topological polar surface area (TPSA) is 58.9 Å². The Hall–Kier alpha value is -2.95. The highest BCUT2D eigenvalue weighted by molar-refractivity contribution is 8.05. The number of phenols is 2. The van der Waals surface area contributed by atoms with Crippen LogP contribution in [0.15, 0.2) is 56.9 Å². The van der Waals surface area contributed by atoms with Crippen LogP contribution in [0.2, 0.25) is 0 Å². The summed E-state index contributed by atoms with van der Waals surface area (Å²) in [6, 6.07) is 18.1. The summed E-state index contributed by atoms with van der Waals surface area (Å²) in [7, 11) is 0. The molecule has 9 heteroatoms. The number of rotatable bonds is 0. The van der Waals surface area contributed by atoms with Crippen molar-refractivity contribution in [2.75, 3.05) is 24.7 Å². The third-order valence-corrected chi connectivity index (χ3v) is 17.8. The molecule has 4 nitrogen and oxygen atoms in total. The summed E-state index contributed by atoms with van der Waals surface area (Å²) in [5.74, 6) is 4.19. The summed E-state index contributed by atoms with van der Waals surface area (Å²) in [6.45, 7) is 28.2. The second kappa shape index (κ2) is 18.1. The third-order valence-electron chi connectivity index (χ3n) is 12.1. The van der Waals surface area contributed by atoms with Crippen LogP contribution in [-0.2, 0) is 47.3 Å². The zero-order chi connectivity index (χ0) is 44.9. The molecule has 0 atom stereocenters. The van der Waals surface area contributed by atoms with E-state index in [9.17, 15) is 10.2 Å². The molecule has 3 aliphatic rings. The molecule has 4 aromatic carbocycles. The van der Waals surface area contributed by atoms with Crippen LogP contribution in [0.25, 0.3) is 0 Å². The Labute approximate surface area is 393 Å². The summed E-state index contributed by atoms with van der Waals surface area (Å²) >= 11 is 12.9. The molecular formula is C53H66O4S5. The summed E-state index contributed by atoms with van der Waals surface area (Å²) in [6.07, 6.45) is 3.71. The highest BCUT2D eigenvalue weighted by Gasteiger charge is 2.29. The van der Waals surface area contributed by atoms with Gasteiger partial charge >= 0.3 is 0 Å². The fourth-order valence-corrected chi connectivity index (χ4v) is 14.3. The highest BCUT2D eigenvalue weighted by Crippen LogP contribution is 2.45. The van der Waals surface area contributed by atoms with E-state index in [1.165, 1.54) is 30.7 Å². The molecule has 1 aromatic heterocycles. The van der Waals surface area contributed by atoms with Gasteiger partial charge in [0, 0.05) is 37.2 Å². The van der Waals surface area contributed by atoms with Gasteiger partial charge in [0.25, 0.3) is 0 Å². The van der Waals surface area contributed by atoms with Gasteiger partial charge in [-0.1, -0.05) is 144 Å². The molecule has 10 bridgehead atoms. The molecule has 0 spiro atoms. The lowest BCUT2D eigenvalue weighted by molar-refractivity contribution is 0.312. The molecule has 0 saturated heterocycles. The first-order chi connectivity index (χ1) is 29.0. The van der Waals surface area contributed by atoms with Crippen molar-refractivity contribution < 1.29 is 19.7 Å². The van der Waals surface area contributed by atoms with Crippen molar-refractivity contribution in [1.29, 1.82) is 0 Å². The Kier molecular flexibility index (Phi) is 13.8. The first-order valence-electron chi connectivity index (χ1n) is 22.1. The number of hydrogen-bond donors (Lipinski definition) is 2. The van der Waals surface area contributed by atoms with Crippen LogP contribution in [0.1, 0.15) is 163 Å². The number of benzene rings is 4. The van der Waals surface area contributed by atoms with Gasteiger partial charge in [0.2, 0.25) is 0 Å². The van der Waals surface area contributed by atoms with Crippen molar-refractivity contribution in [3.05, 3.63) is 118 Å². The zero-order valence-corrected chi connectivity index (χ0v) is 43.0. The second-order valence-corrected chi connectivity index (χ2v) is 27.3. The van der Waals surface area contributed by atoms with E-state index in [4.69, 9.17) is 21.7 Å². The molecule has 62 heavy (non-hydrogen) atoms. The fourth-order valence-electron chi connectivity index (χ4n) is 8.25. The molecule has 0 fully saturated rings. The number of fused-ring (bicyclic) bond motifs is 8. The molecule has 2 aliphatic heterocycles. The molecular weight excluding hydrogens is 861 g/mol. The average Bonchev–Trinajstić information content (AvgIpc) is 3.51. The van der Waals surface area contributed by atoms with Gasteiger partial charge in [-0.3, -0.25) is 0 Å². The minimum Gasteiger partial charge on any atom is -0.507 e. The average molecular weight is 927 g/mol. The van der Waals surface area contributed by atoms with Crippen molar-refractivity contribution in [3.63, 3.8) is 0 Å². The Morgan fingerprint density at radius 3 is 0.952 bits per heavy atom. The van der Waals surface area contributed by atoms with Crippen molar-refractivity contribution in [1.82, 2.24) is 0 Å². The van der Waals surface area contributed by atoms with Crippen LogP contribution in [0.3, 0.4) is 0 Å². The molecule has 8 rings (SSSR count). The Morgan fingerprint density at radius 1 is 0.435 bits per heavy atom. The monoisotopic (exact) mass is 926 g/mol. The number of ether oxygens (including phenoxy) is 2. The van der Waals surface area contributed by atoms with E-state index in [0.29, 0.717) is 50.4 Å². The van der Waals surface area contributed by atoms with Crippen molar-refractivity contribution in [2.45, 2.75) is 152 Å². The molecule has 3 heterocycles. The van der Waals surface area contributed by atoms with Crippen LogP contribution in [0, 0.1) is 3.14 Å². The lowest BCUT2D eigenvalue weighted by atomic mass is 9.79.